The van der Waals surface area contributed by atoms with Gasteiger partial charge in [0.25, 0.3) is 0 Å². The molecule has 2 heteroatoms. The Balaban J connectivity index is 2.40. The second kappa shape index (κ2) is 3.07. The minimum Gasteiger partial charge on any atom is -0.367 e. The average molecular weight is 175 g/mol. The lowest BCUT2D eigenvalue weighted by Gasteiger charge is -2.07. The molecule has 0 saturated carbocycles. The van der Waals surface area contributed by atoms with Gasteiger partial charge in [-0.15, -0.1) is 0 Å². The van der Waals surface area contributed by atoms with Gasteiger partial charge in [0.05, 0.1) is 0 Å². The third kappa shape index (κ3) is 1.25. The normalized spacial score (nSPS) is 16.3. The van der Waals surface area contributed by atoms with E-state index in [9.17, 15) is 0 Å². The van der Waals surface area contributed by atoms with Gasteiger partial charge in [0, 0.05) is 29.2 Å². The summed E-state index contributed by atoms with van der Waals surface area (Å²) in [5, 5.41) is 0. The highest BCUT2D eigenvalue weighted by Crippen LogP contribution is 2.20. The number of hydrogen-bond donors (Lipinski definition) is 1. The van der Waals surface area contributed by atoms with Crippen molar-refractivity contribution in [3.05, 3.63) is 42.3 Å². The molecular weight excluding hydrogens is 166 g/mol. The minimum absolute atomic E-state index is 0.895. The van der Waals surface area contributed by atoms with Gasteiger partial charge in [0.15, 0.2) is 0 Å². The smallest absolute Gasteiger partial charge is 0.0268 e. The molecule has 1 aliphatic rings. The predicted molar refractivity (Wildman–Crippen MR) is 55.1 cm³/mol. The molecule has 0 radical (unpaired) electrons. The average Bonchev–Trinajstić information content (AvgIpc) is 2.57. The number of hydrogen-bond acceptors (Lipinski definition) is 1. The molecule has 0 fully saturated rings. The van der Waals surface area contributed by atoms with E-state index in [1.54, 1.807) is 0 Å². The van der Waals surface area contributed by atoms with Gasteiger partial charge in [-0.2, -0.15) is 0 Å². The van der Waals surface area contributed by atoms with Gasteiger partial charge < -0.3 is 4.98 Å². The van der Waals surface area contributed by atoms with Gasteiger partial charge in [-0.05, 0) is 11.6 Å². The monoisotopic (exact) mass is 175 g/mol. The summed E-state index contributed by atoms with van der Waals surface area (Å²) in [6.07, 6.45) is 11.0. The number of H-pyrrole nitrogens is 1. The molecule has 0 aliphatic heterocycles. The van der Waals surface area contributed by atoms with Crippen LogP contribution in [0.4, 0.5) is 0 Å². The molecule has 1 N–H and O–H groups in total. The number of aromatic nitrogens is 1. The van der Waals surface area contributed by atoms with Crippen molar-refractivity contribution in [3.8, 4) is 0 Å². The summed E-state index contributed by atoms with van der Waals surface area (Å²) in [5.74, 6) is 0. The molecule has 0 aromatic carbocycles. The van der Waals surface area contributed by atoms with Crippen molar-refractivity contribution in [1.82, 2.24) is 4.98 Å². The number of allylic oxidation sites excluding steroid dienone is 4. The van der Waals surface area contributed by atoms with Crippen LogP contribution in [0, 0.1) is 0 Å². The van der Waals surface area contributed by atoms with Crippen molar-refractivity contribution in [2.45, 2.75) is 6.42 Å². The molecule has 0 spiro atoms. The molecule has 1 aromatic rings. The highest BCUT2D eigenvalue weighted by atomic mass is 32.1. The molecule has 0 unspecified atom stereocenters. The molecule has 0 saturated heterocycles. The van der Waals surface area contributed by atoms with Gasteiger partial charge >= 0.3 is 0 Å². The number of thiocarbonyl (C=S) groups is 1. The van der Waals surface area contributed by atoms with E-state index in [1.165, 1.54) is 11.1 Å². The maximum atomic E-state index is 5.24. The molecule has 1 nitrogen and oxygen atoms in total. The van der Waals surface area contributed by atoms with E-state index in [-0.39, 0.29) is 0 Å². The molecule has 0 amide bonds. The van der Waals surface area contributed by atoms with E-state index < -0.39 is 0 Å². The lowest BCUT2D eigenvalue weighted by atomic mass is 10.00. The standard InChI is InChI=1S/C10H9NS/c12-10-4-2-1-3-9(10)8-5-6-11-7-8/h1-3,5-7,11H,4H2. The van der Waals surface area contributed by atoms with Crippen molar-refractivity contribution in [2.75, 3.05) is 0 Å². The molecule has 0 bridgehead atoms. The van der Waals surface area contributed by atoms with E-state index in [0.717, 1.165) is 11.3 Å². The Labute approximate surface area is 76.8 Å². The van der Waals surface area contributed by atoms with Crippen LogP contribution in [0.3, 0.4) is 0 Å². The summed E-state index contributed by atoms with van der Waals surface area (Å²) >= 11 is 5.24. The fraction of sp³-hybridized carbons (Fsp3) is 0.100. The van der Waals surface area contributed by atoms with Crippen LogP contribution in [-0.4, -0.2) is 9.85 Å². The molecule has 12 heavy (non-hydrogen) atoms. The summed E-state index contributed by atoms with van der Waals surface area (Å²) < 4.78 is 0. The van der Waals surface area contributed by atoms with Crippen LogP contribution in [0.5, 0.6) is 0 Å². The highest BCUT2D eigenvalue weighted by molar-refractivity contribution is 7.81. The van der Waals surface area contributed by atoms with Crippen molar-refractivity contribution in [1.29, 1.82) is 0 Å². The van der Waals surface area contributed by atoms with Gasteiger partial charge in [0.1, 0.15) is 0 Å². The van der Waals surface area contributed by atoms with E-state index in [2.05, 4.69) is 23.2 Å². The Kier molecular flexibility index (Phi) is 1.92. The van der Waals surface area contributed by atoms with E-state index >= 15 is 0 Å². The Morgan fingerprint density at radius 1 is 1.42 bits per heavy atom. The molecule has 1 aliphatic carbocycles. The molecule has 60 valence electrons. The van der Waals surface area contributed by atoms with Crippen molar-refractivity contribution in [2.24, 2.45) is 0 Å². The van der Waals surface area contributed by atoms with Crippen molar-refractivity contribution in [3.63, 3.8) is 0 Å². The van der Waals surface area contributed by atoms with E-state index in [1.807, 2.05) is 18.5 Å². The zero-order valence-electron chi connectivity index (χ0n) is 6.58. The Morgan fingerprint density at radius 3 is 3.00 bits per heavy atom. The Hall–Kier alpha value is -1.15. The Morgan fingerprint density at radius 2 is 2.33 bits per heavy atom. The quantitative estimate of drug-likeness (QED) is 0.649. The van der Waals surface area contributed by atoms with Gasteiger partial charge in [0.2, 0.25) is 0 Å². The SMILES string of the molecule is S=C1CC=CC=C1c1cc[nH]c1. The molecular formula is C10H9NS. The zero-order chi connectivity index (χ0) is 8.39. The topological polar surface area (TPSA) is 15.8 Å². The summed E-state index contributed by atoms with van der Waals surface area (Å²) in [7, 11) is 0. The summed E-state index contributed by atoms with van der Waals surface area (Å²) in [4.78, 5) is 4.05. The maximum Gasteiger partial charge on any atom is 0.0268 e. The first kappa shape index (κ1) is 7.50. The summed E-state index contributed by atoms with van der Waals surface area (Å²) in [6.45, 7) is 0. The fourth-order valence-electron chi connectivity index (χ4n) is 1.29. The second-order valence-electron chi connectivity index (χ2n) is 2.74. The third-order valence-electron chi connectivity index (χ3n) is 1.91. The Bertz CT molecular complexity index is 344. The van der Waals surface area contributed by atoms with E-state index in [0.29, 0.717) is 0 Å². The van der Waals surface area contributed by atoms with Crippen LogP contribution in [-0.2, 0) is 0 Å². The zero-order valence-corrected chi connectivity index (χ0v) is 7.40. The fourth-order valence-corrected chi connectivity index (χ4v) is 1.57. The summed E-state index contributed by atoms with van der Waals surface area (Å²) in [6, 6.07) is 2.04. The molecule has 1 heterocycles. The van der Waals surface area contributed by atoms with Crippen LogP contribution in [0.1, 0.15) is 12.0 Å². The van der Waals surface area contributed by atoms with Gasteiger partial charge in [-0.25, -0.2) is 0 Å². The van der Waals surface area contributed by atoms with Crippen molar-refractivity contribution < 1.29 is 0 Å². The number of nitrogens with one attached hydrogen (secondary N) is 1. The van der Waals surface area contributed by atoms with Crippen LogP contribution >= 0.6 is 12.2 Å². The minimum atomic E-state index is 0.895. The summed E-state index contributed by atoms with van der Waals surface area (Å²) in [5.41, 5.74) is 2.36. The van der Waals surface area contributed by atoms with Crippen LogP contribution in [0.25, 0.3) is 5.57 Å². The first-order chi connectivity index (χ1) is 5.88. The second-order valence-corrected chi connectivity index (χ2v) is 3.23. The lowest BCUT2D eigenvalue weighted by molar-refractivity contribution is 1.41. The largest absolute Gasteiger partial charge is 0.367 e. The highest BCUT2D eigenvalue weighted by Gasteiger charge is 2.08. The van der Waals surface area contributed by atoms with Gasteiger partial charge in [-0.3, -0.25) is 0 Å². The maximum absolute atomic E-state index is 5.24. The third-order valence-corrected chi connectivity index (χ3v) is 2.30. The van der Waals surface area contributed by atoms with Gasteiger partial charge in [-0.1, -0.05) is 30.4 Å². The van der Waals surface area contributed by atoms with Crippen molar-refractivity contribution >= 4 is 22.7 Å². The van der Waals surface area contributed by atoms with Crippen LogP contribution in [0.2, 0.25) is 0 Å². The number of aromatic amines is 1. The van der Waals surface area contributed by atoms with Crippen LogP contribution in [0.15, 0.2) is 36.7 Å². The molecule has 2 rings (SSSR count). The number of rotatable bonds is 1. The molecule has 1 aromatic heterocycles. The molecule has 0 atom stereocenters. The van der Waals surface area contributed by atoms with E-state index in [4.69, 9.17) is 12.2 Å². The lowest BCUT2D eigenvalue weighted by Crippen LogP contribution is -1.99. The van der Waals surface area contributed by atoms with Crippen LogP contribution < -0.4 is 0 Å². The first-order valence-electron chi connectivity index (χ1n) is 3.91. The predicted octanol–water partition coefficient (Wildman–Crippen LogP) is 2.73. The first-order valence-corrected chi connectivity index (χ1v) is 4.32.